The van der Waals surface area contributed by atoms with E-state index in [4.69, 9.17) is 10.8 Å². The van der Waals surface area contributed by atoms with Gasteiger partial charge in [0.05, 0.1) is 5.69 Å². The van der Waals surface area contributed by atoms with Gasteiger partial charge in [0.2, 0.25) is 0 Å². The number of hydrogen-bond donors (Lipinski definition) is 1. The lowest BCUT2D eigenvalue weighted by molar-refractivity contribution is 0.0783. The summed E-state index contributed by atoms with van der Waals surface area (Å²) in [4.78, 5) is 14.7. The zero-order chi connectivity index (χ0) is 16.7. The molecule has 5 heteroatoms. The van der Waals surface area contributed by atoms with Crippen LogP contribution in [0.1, 0.15) is 47.1 Å². The molecule has 1 atom stereocenters. The molecule has 2 N–H and O–H groups in total. The van der Waals surface area contributed by atoms with Gasteiger partial charge >= 0.3 is 0 Å². The SMILES string of the molecule is CCc1ccc(-n2nc(C(=O)N3CC[C@@H](N)C3)c3c2CCC3)cc1. The number of rotatable bonds is 3. The minimum Gasteiger partial charge on any atom is -0.336 e. The molecule has 2 aromatic rings. The van der Waals surface area contributed by atoms with Crippen molar-refractivity contribution in [2.24, 2.45) is 5.73 Å². The maximum Gasteiger partial charge on any atom is 0.274 e. The molecule has 0 radical (unpaired) electrons. The highest BCUT2D eigenvalue weighted by atomic mass is 16.2. The van der Waals surface area contributed by atoms with Gasteiger partial charge in [-0.05, 0) is 49.8 Å². The molecule has 1 saturated heterocycles. The van der Waals surface area contributed by atoms with Crippen molar-refractivity contribution in [1.29, 1.82) is 0 Å². The highest BCUT2D eigenvalue weighted by Gasteiger charge is 2.32. The average Bonchev–Trinajstić information content (AvgIpc) is 3.30. The first-order valence-electron chi connectivity index (χ1n) is 8.92. The Kier molecular flexibility index (Phi) is 3.88. The van der Waals surface area contributed by atoms with Crippen LogP contribution in [0.5, 0.6) is 0 Å². The Morgan fingerprint density at radius 2 is 2.08 bits per heavy atom. The Morgan fingerprint density at radius 1 is 1.29 bits per heavy atom. The first-order chi connectivity index (χ1) is 11.7. The van der Waals surface area contributed by atoms with Crippen LogP contribution in [-0.4, -0.2) is 39.7 Å². The molecule has 0 unspecified atom stereocenters. The fraction of sp³-hybridized carbons (Fsp3) is 0.474. The molecular formula is C19H24N4O. The Labute approximate surface area is 142 Å². The zero-order valence-corrected chi connectivity index (χ0v) is 14.2. The van der Waals surface area contributed by atoms with Crippen molar-refractivity contribution in [3.63, 3.8) is 0 Å². The summed E-state index contributed by atoms with van der Waals surface area (Å²) >= 11 is 0. The van der Waals surface area contributed by atoms with Crippen LogP contribution in [0.3, 0.4) is 0 Å². The fourth-order valence-corrected chi connectivity index (χ4v) is 3.82. The van der Waals surface area contributed by atoms with Crippen LogP contribution in [0.4, 0.5) is 0 Å². The Hall–Kier alpha value is -2.14. The Balaban J connectivity index is 1.70. The largest absolute Gasteiger partial charge is 0.336 e. The third-order valence-corrected chi connectivity index (χ3v) is 5.23. The number of nitrogens with zero attached hydrogens (tertiary/aromatic N) is 3. The van der Waals surface area contributed by atoms with Gasteiger partial charge < -0.3 is 10.6 Å². The van der Waals surface area contributed by atoms with Crippen molar-refractivity contribution in [2.45, 2.75) is 45.1 Å². The molecular weight excluding hydrogens is 300 g/mol. The van der Waals surface area contributed by atoms with Gasteiger partial charge in [0.1, 0.15) is 0 Å². The molecule has 1 amide bonds. The second kappa shape index (κ2) is 6.06. The number of hydrogen-bond acceptors (Lipinski definition) is 3. The van der Waals surface area contributed by atoms with Crippen molar-refractivity contribution in [2.75, 3.05) is 13.1 Å². The predicted molar refractivity (Wildman–Crippen MR) is 93.5 cm³/mol. The maximum absolute atomic E-state index is 12.9. The smallest absolute Gasteiger partial charge is 0.274 e. The molecule has 5 nitrogen and oxygen atoms in total. The van der Waals surface area contributed by atoms with E-state index in [0.717, 1.165) is 49.9 Å². The summed E-state index contributed by atoms with van der Waals surface area (Å²) in [5.41, 5.74) is 11.3. The lowest BCUT2D eigenvalue weighted by Crippen LogP contribution is -2.32. The van der Waals surface area contributed by atoms with Crippen LogP contribution >= 0.6 is 0 Å². The van der Waals surface area contributed by atoms with E-state index in [9.17, 15) is 4.79 Å². The molecule has 2 heterocycles. The number of benzene rings is 1. The summed E-state index contributed by atoms with van der Waals surface area (Å²) in [6.45, 7) is 3.54. The molecule has 4 rings (SSSR count). The molecule has 1 aromatic heterocycles. The molecule has 0 spiro atoms. The van der Waals surface area contributed by atoms with Gasteiger partial charge in [-0.1, -0.05) is 19.1 Å². The molecule has 1 aliphatic carbocycles. The topological polar surface area (TPSA) is 64.2 Å². The van der Waals surface area contributed by atoms with Gasteiger partial charge in [-0.25, -0.2) is 4.68 Å². The van der Waals surface area contributed by atoms with Gasteiger partial charge in [-0.3, -0.25) is 4.79 Å². The number of aryl methyl sites for hydroxylation is 1. The number of carbonyl (C=O) groups excluding carboxylic acids is 1. The number of fused-ring (bicyclic) bond motifs is 1. The normalized spacial score (nSPS) is 19.8. The standard InChI is InChI=1S/C19H24N4O/c1-2-13-6-8-15(9-7-13)23-17-5-3-4-16(17)18(21-23)19(24)22-11-10-14(20)12-22/h6-9,14H,2-5,10-12,20H2,1H3/t14-/m1/s1. The molecule has 24 heavy (non-hydrogen) atoms. The van der Waals surface area contributed by atoms with E-state index in [1.54, 1.807) is 0 Å². The Bertz CT molecular complexity index is 762. The van der Waals surface area contributed by atoms with Gasteiger partial charge in [0.25, 0.3) is 5.91 Å². The third-order valence-electron chi connectivity index (χ3n) is 5.23. The number of likely N-dealkylation sites (tertiary alicyclic amines) is 1. The molecule has 0 saturated carbocycles. The quantitative estimate of drug-likeness (QED) is 0.940. The van der Waals surface area contributed by atoms with Crippen molar-refractivity contribution in [1.82, 2.24) is 14.7 Å². The minimum absolute atomic E-state index is 0.0463. The fourth-order valence-electron chi connectivity index (χ4n) is 3.82. The van der Waals surface area contributed by atoms with Crippen molar-refractivity contribution >= 4 is 5.91 Å². The highest BCUT2D eigenvalue weighted by Crippen LogP contribution is 2.29. The molecule has 0 bridgehead atoms. The first kappa shape index (κ1) is 15.4. The van der Waals surface area contributed by atoms with Crippen LogP contribution < -0.4 is 5.73 Å². The minimum atomic E-state index is 0.0463. The molecule has 1 aromatic carbocycles. The van der Waals surface area contributed by atoms with Crippen molar-refractivity contribution in [3.8, 4) is 5.69 Å². The summed E-state index contributed by atoms with van der Waals surface area (Å²) < 4.78 is 1.98. The number of aromatic nitrogens is 2. The lowest BCUT2D eigenvalue weighted by Gasteiger charge is -2.14. The highest BCUT2D eigenvalue weighted by molar-refractivity contribution is 5.94. The molecule has 1 aliphatic heterocycles. The Morgan fingerprint density at radius 3 is 2.75 bits per heavy atom. The van der Waals surface area contributed by atoms with Crippen LogP contribution in [0.15, 0.2) is 24.3 Å². The summed E-state index contributed by atoms with van der Waals surface area (Å²) in [6.07, 6.45) is 4.94. The maximum atomic E-state index is 12.9. The van der Waals surface area contributed by atoms with E-state index in [0.29, 0.717) is 12.2 Å². The molecule has 126 valence electrons. The lowest BCUT2D eigenvalue weighted by atomic mass is 10.1. The molecule has 2 aliphatic rings. The van der Waals surface area contributed by atoms with Crippen LogP contribution in [0.2, 0.25) is 0 Å². The van der Waals surface area contributed by atoms with Crippen LogP contribution in [-0.2, 0) is 19.3 Å². The van der Waals surface area contributed by atoms with E-state index in [-0.39, 0.29) is 11.9 Å². The second-order valence-corrected chi connectivity index (χ2v) is 6.86. The van der Waals surface area contributed by atoms with Gasteiger partial charge in [0.15, 0.2) is 5.69 Å². The average molecular weight is 324 g/mol. The van der Waals surface area contributed by atoms with Gasteiger partial charge in [-0.15, -0.1) is 0 Å². The van der Waals surface area contributed by atoms with Crippen molar-refractivity contribution < 1.29 is 4.79 Å². The van der Waals surface area contributed by atoms with Crippen LogP contribution in [0.25, 0.3) is 5.69 Å². The number of carbonyl (C=O) groups is 1. The summed E-state index contributed by atoms with van der Waals surface area (Å²) in [5.74, 6) is 0.0463. The van der Waals surface area contributed by atoms with E-state index < -0.39 is 0 Å². The predicted octanol–water partition coefficient (Wildman–Crippen LogP) is 2.10. The van der Waals surface area contributed by atoms with E-state index in [1.807, 2.05) is 9.58 Å². The third kappa shape index (κ3) is 2.53. The van der Waals surface area contributed by atoms with E-state index in [2.05, 4.69) is 31.2 Å². The van der Waals surface area contributed by atoms with Crippen LogP contribution in [0, 0.1) is 0 Å². The monoisotopic (exact) mass is 324 g/mol. The first-order valence-corrected chi connectivity index (χ1v) is 8.92. The number of nitrogens with two attached hydrogens (primary N) is 1. The zero-order valence-electron chi connectivity index (χ0n) is 14.2. The summed E-state index contributed by atoms with van der Waals surface area (Å²) in [6, 6.07) is 8.58. The van der Waals surface area contributed by atoms with E-state index in [1.165, 1.54) is 11.3 Å². The second-order valence-electron chi connectivity index (χ2n) is 6.86. The van der Waals surface area contributed by atoms with Gasteiger partial charge in [-0.2, -0.15) is 5.10 Å². The van der Waals surface area contributed by atoms with Gasteiger partial charge in [0, 0.05) is 30.4 Å². The summed E-state index contributed by atoms with van der Waals surface area (Å²) in [5, 5.41) is 4.71. The number of amides is 1. The molecule has 1 fully saturated rings. The van der Waals surface area contributed by atoms with E-state index >= 15 is 0 Å². The van der Waals surface area contributed by atoms with Crippen molar-refractivity contribution in [3.05, 3.63) is 46.8 Å². The summed E-state index contributed by atoms with van der Waals surface area (Å²) in [7, 11) is 0.